The van der Waals surface area contributed by atoms with Gasteiger partial charge in [0.25, 0.3) is 0 Å². The van der Waals surface area contributed by atoms with Gasteiger partial charge in [-0.2, -0.15) is 0 Å². The molecular formula is C22H25ClN2O7. The van der Waals surface area contributed by atoms with Crippen molar-refractivity contribution in [2.45, 2.75) is 6.54 Å². The number of benzene rings is 2. The van der Waals surface area contributed by atoms with E-state index >= 15 is 0 Å². The maximum Gasteiger partial charge on any atom is 0.319 e. The highest BCUT2D eigenvalue weighted by atomic mass is 35.5. The van der Waals surface area contributed by atoms with Gasteiger partial charge >= 0.3 is 5.97 Å². The zero-order valence-electron chi connectivity index (χ0n) is 18.1. The lowest BCUT2D eigenvalue weighted by atomic mass is 10.2. The average Bonchev–Trinajstić information content (AvgIpc) is 2.78. The van der Waals surface area contributed by atoms with E-state index in [2.05, 4.69) is 5.32 Å². The second kappa shape index (κ2) is 10.9. The number of fused-ring (bicyclic) bond motifs is 1. The number of carbonyl (C=O) groups is 2. The maximum absolute atomic E-state index is 12.8. The number of anilines is 1. The minimum absolute atomic E-state index is 0.0839. The molecule has 2 aromatic carbocycles. The van der Waals surface area contributed by atoms with Crippen LogP contribution < -0.4 is 24.3 Å². The molecule has 1 aliphatic rings. The van der Waals surface area contributed by atoms with E-state index in [1.807, 2.05) is 12.1 Å². The number of hydrogen-bond donors (Lipinski definition) is 1. The van der Waals surface area contributed by atoms with E-state index in [0.717, 1.165) is 5.56 Å². The van der Waals surface area contributed by atoms with Crippen molar-refractivity contribution in [1.29, 1.82) is 0 Å². The molecule has 32 heavy (non-hydrogen) atoms. The molecule has 0 saturated heterocycles. The Morgan fingerprint density at radius 3 is 2.19 bits per heavy atom. The molecule has 2 aromatic rings. The summed E-state index contributed by atoms with van der Waals surface area (Å²) in [5.74, 6) is 1.41. The summed E-state index contributed by atoms with van der Waals surface area (Å²) in [6.45, 7) is 0.966. The summed E-state index contributed by atoms with van der Waals surface area (Å²) >= 11 is 6.28. The summed E-state index contributed by atoms with van der Waals surface area (Å²) in [4.78, 5) is 26.3. The SMILES string of the molecule is COC(=O)CN(CC(=O)Nc1cc2c(cc1Cl)OCCO2)Cc1cc(OC)cc(OC)c1. The van der Waals surface area contributed by atoms with Crippen molar-refractivity contribution >= 4 is 29.2 Å². The van der Waals surface area contributed by atoms with Gasteiger partial charge in [-0.25, -0.2) is 0 Å². The third-order valence-corrected chi connectivity index (χ3v) is 4.98. The molecule has 10 heteroatoms. The second-order valence-electron chi connectivity index (χ2n) is 6.97. The van der Waals surface area contributed by atoms with Crippen LogP contribution in [0.5, 0.6) is 23.0 Å². The van der Waals surface area contributed by atoms with Crippen molar-refractivity contribution in [3.63, 3.8) is 0 Å². The molecule has 0 aromatic heterocycles. The predicted octanol–water partition coefficient (Wildman–Crippen LogP) is 2.74. The van der Waals surface area contributed by atoms with Gasteiger partial charge in [0.1, 0.15) is 24.7 Å². The van der Waals surface area contributed by atoms with E-state index in [0.29, 0.717) is 46.9 Å². The number of carbonyl (C=O) groups excluding carboxylic acids is 2. The van der Waals surface area contributed by atoms with Crippen LogP contribution in [0.3, 0.4) is 0 Å². The molecule has 3 rings (SSSR count). The lowest BCUT2D eigenvalue weighted by Gasteiger charge is -2.22. The molecule has 0 bridgehead atoms. The second-order valence-corrected chi connectivity index (χ2v) is 7.37. The van der Waals surface area contributed by atoms with Crippen LogP contribution in [-0.4, -0.2) is 64.4 Å². The third kappa shape index (κ3) is 6.18. The smallest absolute Gasteiger partial charge is 0.319 e. The fraction of sp³-hybridized carbons (Fsp3) is 0.364. The number of hydrogen-bond acceptors (Lipinski definition) is 8. The van der Waals surface area contributed by atoms with Gasteiger partial charge in [0, 0.05) is 24.7 Å². The Bertz CT molecular complexity index is 961. The van der Waals surface area contributed by atoms with E-state index in [1.54, 1.807) is 37.3 Å². The minimum Gasteiger partial charge on any atom is -0.497 e. The lowest BCUT2D eigenvalue weighted by Crippen LogP contribution is -2.37. The standard InChI is InChI=1S/C22H25ClN2O7/c1-28-15-6-14(7-16(8-15)29-2)11-25(13-22(27)30-3)12-21(26)24-18-10-20-19(9-17(18)23)31-4-5-32-20/h6-10H,4-5,11-13H2,1-3H3,(H,24,26). The highest BCUT2D eigenvalue weighted by Gasteiger charge is 2.20. The molecule has 0 aliphatic carbocycles. The largest absolute Gasteiger partial charge is 0.497 e. The Labute approximate surface area is 191 Å². The first-order valence-electron chi connectivity index (χ1n) is 9.82. The minimum atomic E-state index is -0.468. The summed E-state index contributed by atoms with van der Waals surface area (Å²) in [5.41, 5.74) is 1.19. The van der Waals surface area contributed by atoms with Crippen molar-refractivity contribution in [2.24, 2.45) is 0 Å². The molecule has 1 aliphatic heterocycles. The molecule has 0 fully saturated rings. The van der Waals surface area contributed by atoms with Crippen LogP contribution in [0, 0.1) is 0 Å². The van der Waals surface area contributed by atoms with Gasteiger partial charge in [0.15, 0.2) is 11.5 Å². The summed E-state index contributed by atoms with van der Waals surface area (Å²) in [6, 6.07) is 8.57. The summed E-state index contributed by atoms with van der Waals surface area (Å²) in [7, 11) is 4.40. The molecule has 9 nitrogen and oxygen atoms in total. The van der Waals surface area contributed by atoms with E-state index < -0.39 is 5.97 Å². The number of ether oxygens (including phenoxy) is 5. The molecule has 0 spiro atoms. The molecule has 172 valence electrons. The van der Waals surface area contributed by atoms with Crippen molar-refractivity contribution in [2.75, 3.05) is 52.9 Å². The van der Waals surface area contributed by atoms with Crippen molar-refractivity contribution in [3.8, 4) is 23.0 Å². The molecule has 1 N–H and O–H groups in total. The Kier molecular flexibility index (Phi) is 8.02. The van der Waals surface area contributed by atoms with Gasteiger partial charge in [-0.1, -0.05) is 11.6 Å². The van der Waals surface area contributed by atoms with Crippen molar-refractivity contribution in [3.05, 3.63) is 40.9 Å². The van der Waals surface area contributed by atoms with E-state index in [-0.39, 0.29) is 25.5 Å². The van der Waals surface area contributed by atoms with Gasteiger partial charge in [-0.3, -0.25) is 14.5 Å². The zero-order chi connectivity index (χ0) is 23.1. The van der Waals surface area contributed by atoms with Crippen molar-refractivity contribution < 1.29 is 33.3 Å². The monoisotopic (exact) mass is 464 g/mol. The molecule has 0 saturated carbocycles. The number of nitrogens with zero attached hydrogens (tertiary/aromatic N) is 1. The predicted molar refractivity (Wildman–Crippen MR) is 118 cm³/mol. The zero-order valence-corrected chi connectivity index (χ0v) is 18.9. The fourth-order valence-corrected chi connectivity index (χ4v) is 3.38. The van der Waals surface area contributed by atoms with E-state index in [1.165, 1.54) is 7.11 Å². The Balaban J connectivity index is 1.74. The Morgan fingerprint density at radius 2 is 1.59 bits per heavy atom. The van der Waals surface area contributed by atoms with Crippen LogP contribution in [0.15, 0.2) is 30.3 Å². The van der Waals surface area contributed by atoms with Crippen LogP contribution in [0.2, 0.25) is 5.02 Å². The van der Waals surface area contributed by atoms with Crippen LogP contribution >= 0.6 is 11.6 Å². The lowest BCUT2D eigenvalue weighted by molar-refractivity contribution is -0.142. The van der Waals surface area contributed by atoms with Gasteiger partial charge in [0.2, 0.25) is 5.91 Å². The number of rotatable bonds is 9. The van der Waals surface area contributed by atoms with Crippen LogP contribution in [0.1, 0.15) is 5.56 Å². The molecule has 0 atom stereocenters. The Hall–Kier alpha value is -3.17. The van der Waals surface area contributed by atoms with Crippen LogP contribution in [-0.2, 0) is 20.9 Å². The number of halogens is 1. The molecule has 1 heterocycles. The Morgan fingerprint density at radius 1 is 0.969 bits per heavy atom. The highest BCUT2D eigenvalue weighted by molar-refractivity contribution is 6.34. The van der Waals surface area contributed by atoms with Gasteiger partial charge < -0.3 is 29.0 Å². The van der Waals surface area contributed by atoms with Crippen molar-refractivity contribution in [1.82, 2.24) is 4.90 Å². The van der Waals surface area contributed by atoms with Gasteiger partial charge in [0.05, 0.1) is 45.1 Å². The quantitative estimate of drug-likeness (QED) is 0.566. The molecule has 0 radical (unpaired) electrons. The topological polar surface area (TPSA) is 95.6 Å². The molecular weight excluding hydrogens is 440 g/mol. The average molecular weight is 465 g/mol. The van der Waals surface area contributed by atoms with Crippen LogP contribution in [0.25, 0.3) is 0 Å². The fourth-order valence-electron chi connectivity index (χ4n) is 3.18. The summed E-state index contributed by atoms with van der Waals surface area (Å²) < 4.78 is 26.4. The number of nitrogens with one attached hydrogen (secondary N) is 1. The molecule has 1 amide bonds. The van der Waals surface area contributed by atoms with Crippen LogP contribution in [0.4, 0.5) is 5.69 Å². The third-order valence-electron chi connectivity index (χ3n) is 4.67. The van der Waals surface area contributed by atoms with Gasteiger partial charge in [-0.05, 0) is 17.7 Å². The maximum atomic E-state index is 12.8. The van der Waals surface area contributed by atoms with E-state index in [9.17, 15) is 9.59 Å². The normalized spacial score (nSPS) is 12.3. The summed E-state index contributed by atoms with van der Waals surface area (Å²) in [6.07, 6.45) is 0. The molecule has 0 unspecified atom stereocenters. The number of esters is 1. The summed E-state index contributed by atoms with van der Waals surface area (Å²) in [5, 5.41) is 3.08. The highest BCUT2D eigenvalue weighted by Crippen LogP contribution is 2.38. The van der Waals surface area contributed by atoms with Gasteiger partial charge in [-0.15, -0.1) is 0 Å². The first-order valence-corrected chi connectivity index (χ1v) is 10.2. The number of amides is 1. The first kappa shape index (κ1) is 23.5. The van der Waals surface area contributed by atoms with E-state index in [4.69, 9.17) is 35.3 Å². The first-order chi connectivity index (χ1) is 15.4. The number of methoxy groups -OCH3 is 3.